The van der Waals surface area contributed by atoms with Gasteiger partial charge in [-0.15, -0.1) is 0 Å². The molecular formula is C54H70Cl4N10O7. The second-order valence-corrected chi connectivity index (χ2v) is 20.8. The Morgan fingerprint density at radius 3 is 1.33 bits per heavy atom. The van der Waals surface area contributed by atoms with E-state index in [0.29, 0.717) is 37.6 Å². The van der Waals surface area contributed by atoms with Crippen molar-refractivity contribution in [2.75, 3.05) is 111 Å². The van der Waals surface area contributed by atoms with E-state index in [1.807, 2.05) is 50.2 Å². The number of likely N-dealkylation sites (N-methyl/N-ethyl adjacent to an activating group) is 3. The van der Waals surface area contributed by atoms with Crippen LogP contribution in [0.2, 0.25) is 20.1 Å². The van der Waals surface area contributed by atoms with Crippen molar-refractivity contribution >= 4 is 75.2 Å². The molecule has 0 spiro atoms. The molecule has 75 heavy (non-hydrogen) atoms. The fraction of sp³-hybridized carbons (Fsp3) is 0.426. The van der Waals surface area contributed by atoms with Crippen LogP contribution in [0.1, 0.15) is 44.5 Å². The molecule has 0 atom stereocenters. The zero-order valence-corrected chi connectivity index (χ0v) is 46.9. The number of hydrogen-bond acceptors (Lipinski definition) is 14. The molecular weight excluding hydrogens is 1040 g/mol. The lowest BCUT2D eigenvalue weighted by Crippen LogP contribution is -2.44. The van der Waals surface area contributed by atoms with Gasteiger partial charge in [-0.25, -0.2) is 4.79 Å². The maximum absolute atomic E-state index is 12.1. The lowest BCUT2D eigenvalue weighted by Gasteiger charge is -2.32. The summed E-state index contributed by atoms with van der Waals surface area (Å²) >= 11 is 24.3. The molecule has 8 rings (SSSR count). The molecule has 406 valence electrons. The van der Waals surface area contributed by atoms with Crippen LogP contribution in [0.25, 0.3) is 0 Å². The van der Waals surface area contributed by atoms with E-state index in [1.54, 1.807) is 31.2 Å². The summed E-state index contributed by atoms with van der Waals surface area (Å²) in [6, 6.07) is 22.2. The molecule has 17 nitrogen and oxygen atoms in total. The van der Waals surface area contributed by atoms with E-state index in [9.17, 15) is 25.0 Å². The molecule has 3 aliphatic heterocycles. The molecule has 3 fully saturated rings. The Hall–Kier alpha value is -5.15. The van der Waals surface area contributed by atoms with E-state index in [2.05, 4.69) is 62.8 Å². The number of ether oxygens (including phenoxy) is 1. The molecule has 0 aliphatic carbocycles. The van der Waals surface area contributed by atoms with Gasteiger partial charge in [-0.3, -0.25) is 40.2 Å². The number of nitro groups is 2. The number of nitrogen functional groups attached to an aromatic ring is 1. The number of piperazine rings is 3. The maximum atomic E-state index is 12.1. The number of para-hydroxylation sites is 1. The van der Waals surface area contributed by atoms with Crippen molar-refractivity contribution in [3.63, 3.8) is 0 Å². The van der Waals surface area contributed by atoms with Crippen molar-refractivity contribution in [1.29, 1.82) is 0 Å². The largest absolute Gasteiger partial charge is 0.417 e. The monoisotopic (exact) mass is 1110 g/mol. The molecule has 1 amide bonds. The van der Waals surface area contributed by atoms with Gasteiger partial charge in [0.05, 0.1) is 26.5 Å². The highest BCUT2D eigenvalue weighted by molar-refractivity contribution is 6.32. The van der Waals surface area contributed by atoms with Gasteiger partial charge in [-0.1, -0.05) is 64.6 Å². The maximum Gasteiger partial charge on any atom is 0.417 e. The molecule has 3 saturated heterocycles. The number of nitrogens with two attached hydrogens (primary N) is 1. The number of amides is 1. The number of aliphatic hydroxyl groups excluding tert-OH is 1. The van der Waals surface area contributed by atoms with Crippen LogP contribution >= 0.6 is 46.4 Å². The average Bonchev–Trinajstić information content (AvgIpc) is 3.37. The third-order valence-electron chi connectivity index (χ3n) is 13.6. The predicted molar refractivity (Wildman–Crippen MR) is 303 cm³/mol. The third-order valence-corrected chi connectivity index (χ3v) is 15.1. The van der Waals surface area contributed by atoms with Crippen LogP contribution < -0.4 is 15.8 Å². The second-order valence-electron chi connectivity index (χ2n) is 19.2. The SMILES string of the molecule is Cc1c(Cl)cc(N)cc1CN1CCN(C)CC1.Cc1c(Cl)cc(NC(=O)Oc2ccccc2)cc1CN1CCN(C)CC1.Cc1c(Cl)cc([N+](=O)[O-])cc1CN1CCN(C)CC1.Cc1c(Cl)cc([N+](=O)[O-])cc1CO. The molecule has 0 saturated carbocycles. The summed E-state index contributed by atoms with van der Waals surface area (Å²) in [4.78, 5) is 46.6. The van der Waals surface area contributed by atoms with Crippen molar-refractivity contribution in [2.45, 2.75) is 53.9 Å². The Morgan fingerprint density at radius 2 is 0.920 bits per heavy atom. The first-order valence-electron chi connectivity index (χ1n) is 24.7. The molecule has 3 aliphatic rings. The van der Waals surface area contributed by atoms with Crippen molar-refractivity contribution in [1.82, 2.24) is 29.4 Å². The number of anilines is 2. The molecule has 0 radical (unpaired) electrons. The molecule has 5 aromatic carbocycles. The van der Waals surface area contributed by atoms with Crippen LogP contribution in [0.5, 0.6) is 5.75 Å². The summed E-state index contributed by atoms with van der Waals surface area (Å²) in [7, 11) is 6.41. The summed E-state index contributed by atoms with van der Waals surface area (Å²) in [5.41, 5.74) is 14.8. The Kier molecular flexibility index (Phi) is 23.8. The van der Waals surface area contributed by atoms with Gasteiger partial charge in [0.1, 0.15) is 5.75 Å². The first kappa shape index (κ1) is 60.7. The van der Waals surface area contributed by atoms with Crippen LogP contribution in [0.3, 0.4) is 0 Å². The van der Waals surface area contributed by atoms with Gasteiger partial charge >= 0.3 is 6.09 Å². The van der Waals surface area contributed by atoms with Gasteiger partial charge in [0.2, 0.25) is 0 Å². The molecule has 0 bridgehead atoms. The van der Waals surface area contributed by atoms with E-state index in [-0.39, 0.29) is 18.0 Å². The highest BCUT2D eigenvalue weighted by atomic mass is 35.5. The molecule has 5 aromatic rings. The minimum absolute atomic E-state index is 0.0692. The van der Waals surface area contributed by atoms with Gasteiger partial charge in [0.15, 0.2) is 0 Å². The summed E-state index contributed by atoms with van der Waals surface area (Å²) in [6.07, 6.45) is -0.526. The molecule has 21 heteroatoms. The van der Waals surface area contributed by atoms with E-state index in [0.717, 1.165) is 137 Å². The number of nitrogens with one attached hydrogen (secondary N) is 1. The summed E-state index contributed by atoms with van der Waals surface area (Å²) in [5.74, 6) is 0.501. The van der Waals surface area contributed by atoms with Gasteiger partial charge < -0.3 is 30.3 Å². The number of nitro benzene ring substituents is 2. The highest BCUT2D eigenvalue weighted by Gasteiger charge is 2.21. The smallest absolute Gasteiger partial charge is 0.410 e. The van der Waals surface area contributed by atoms with E-state index >= 15 is 0 Å². The van der Waals surface area contributed by atoms with Crippen molar-refractivity contribution < 1.29 is 24.5 Å². The number of halogens is 4. The first-order valence-corrected chi connectivity index (χ1v) is 26.2. The Bertz CT molecular complexity index is 2720. The lowest BCUT2D eigenvalue weighted by atomic mass is 10.1. The number of non-ortho nitro benzene ring substituents is 2. The Balaban J connectivity index is 0.000000191. The fourth-order valence-corrected chi connectivity index (χ4v) is 9.31. The third kappa shape index (κ3) is 19.1. The summed E-state index contributed by atoms with van der Waals surface area (Å²) in [5, 5.41) is 35.1. The normalized spacial score (nSPS) is 15.8. The van der Waals surface area contributed by atoms with Crippen LogP contribution in [-0.4, -0.2) is 150 Å². The molecule has 4 N–H and O–H groups in total. The van der Waals surface area contributed by atoms with E-state index < -0.39 is 15.9 Å². The minimum Gasteiger partial charge on any atom is -0.410 e. The average molecular weight is 1110 g/mol. The van der Waals surface area contributed by atoms with Gasteiger partial charge in [-0.05, 0) is 130 Å². The van der Waals surface area contributed by atoms with Crippen molar-refractivity contribution in [2.24, 2.45) is 0 Å². The van der Waals surface area contributed by atoms with Crippen molar-refractivity contribution in [3.05, 3.63) is 164 Å². The topological polar surface area (TPSA) is 190 Å². The van der Waals surface area contributed by atoms with Crippen LogP contribution in [-0.2, 0) is 26.2 Å². The summed E-state index contributed by atoms with van der Waals surface area (Å²) in [6.45, 7) is 22.7. The van der Waals surface area contributed by atoms with Crippen LogP contribution in [0, 0.1) is 47.9 Å². The molecule has 0 unspecified atom stereocenters. The second kappa shape index (κ2) is 29.4. The Labute approximate surface area is 460 Å². The zero-order chi connectivity index (χ0) is 54.9. The Morgan fingerprint density at radius 1 is 0.560 bits per heavy atom. The van der Waals surface area contributed by atoms with Crippen LogP contribution in [0.4, 0.5) is 27.5 Å². The molecule has 3 heterocycles. The predicted octanol–water partition coefficient (Wildman–Crippen LogP) is 10.3. The van der Waals surface area contributed by atoms with Gasteiger partial charge in [0.25, 0.3) is 11.4 Å². The summed E-state index contributed by atoms with van der Waals surface area (Å²) < 4.78 is 5.28. The number of carbonyl (C=O) groups excluding carboxylic acids is 1. The fourth-order valence-electron chi connectivity index (χ4n) is 8.35. The number of aliphatic hydroxyl groups is 1. The van der Waals surface area contributed by atoms with E-state index in [4.69, 9.17) is 62.0 Å². The zero-order valence-electron chi connectivity index (χ0n) is 43.9. The number of nitrogens with zero attached hydrogens (tertiary/aromatic N) is 8. The van der Waals surface area contributed by atoms with Crippen molar-refractivity contribution in [3.8, 4) is 5.75 Å². The number of benzene rings is 5. The van der Waals surface area contributed by atoms with E-state index in [1.165, 1.54) is 23.8 Å². The number of rotatable bonds is 11. The van der Waals surface area contributed by atoms with Gasteiger partial charge in [-0.2, -0.15) is 0 Å². The molecule has 0 aromatic heterocycles. The lowest BCUT2D eigenvalue weighted by molar-refractivity contribution is -0.385. The quantitative estimate of drug-likeness (QED) is 0.0643. The standard InChI is InChI=1S/C20H24ClN3O2.C13H18ClN3O2.C13H20ClN3.C8H8ClNO3/c1-15-16(14-24-10-8-23(2)9-11-24)12-17(13-19(15)21)22-20(25)26-18-6-4-3-5-7-18;1-10-11(7-12(17(18)19)8-13(10)14)9-16-5-3-15(2)4-6-16;1-10-11(7-12(15)8-13(10)14)9-17-5-3-16(2)4-6-17;1-5-6(4-11)2-7(10(12)13)3-8(5)9/h3-7,12-13H,8-11,14H2,1-2H3,(H,22,25);7-8H,3-6,9H2,1-2H3;7-8H,3-6,9,15H2,1-2H3;2-3,11H,4H2,1H3. The number of hydrogen-bond donors (Lipinski definition) is 3. The minimum atomic E-state index is -0.537. The van der Waals surface area contributed by atoms with Crippen LogP contribution in [0.15, 0.2) is 78.9 Å². The highest BCUT2D eigenvalue weighted by Crippen LogP contribution is 2.30. The first-order chi connectivity index (χ1) is 35.6. The van der Waals surface area contributed by atoms with Gasteiger partial charge in [0, 0.05) is 144 Å². The number of carbonyl (C=O) groups is 1.